The van der Waals surface area contributed by atoms with Crippen LogP contribution >= 0.6 is 11.3 Å². The first-order chi connectivity index (χ1) is 11.1. The highest BCUT2D eigenvalue weighted by Crippen LogP contribution is 2.30. The van der Waals surface area contributed by atoms with Gasteiger partial charge in [0, 0.05) is 43.5 Å². The van der Waals surface area contributed by atoms with Crippen LogP contribution in [0.5, 0.6) is 0 Å². The van der Waals surface area contributed by atoms with Crippen molar-refractivity contribution in [1.82, 2.24) is 9.88 Å². The summed E-state index contributed by atoms with van der Waals surface area (Å²) in [6, 6.07) is 0.232. The fourth-order valence-electron chi connectivity index (χ4n) is 3.92. The quantitative estimate of drug-likeness (QED) is 0.920. The first-order valence-corrected chi connectivity index (χ1v) is 9.65. The average molecular weight is 337 g/mol. The number of amides is 1. The second-order valence-corrected chi connectivity index (χ2v) is 7.82. The molecule has 23 heavy (non-hydrogen) atoms. The molecule has 1 aromatic rings. The van der Waals surface area contributed by atoms with Crippen LogP contribution < -0.4 is 10.6 Å². The molecule has 1 amide bonds. The van der Waals surface area contributed by atoms with Crippen molar-refractivity contribution in [2.45, 2.75) is 45.6 Å². The van der Waals surface area contributed by atoms with Gasteiger partial charge in [-0.3, -0.25) is 4.79 Å². The summed E-state index contributed by atoms with van der Waals surface area (Å²) in [6.07, 6.45) is 4.16. The maximum atomic E-state index is 13.0. The largest absolute Gasteiger partial charge is 0.348 e. The molecule has 6 heteroatoms. The Labute approximate surface area is 142 Å². The van der Waals surface area contributed by atoms with Gasteiger partial charge in [-0.05, 0) is 38.5 Å². The molecule has 0 spiro atoms. The number of likely N-dealkylation sites (tertiary alicyclic amines) is 1. The van der Waals surface area contributed by atoms with E-state index in [2.05, 4.69) is 27.1 Å². The fourth-order valence-corrected chi connectivity index (χ4v) is 4.78. The molecular formula is C17H28N4OS. The molecule has 3 heterocycles. The molecule has 2 N–H and O–H groups in total. The predicted molar refractivity (Wildman–Crippen MR) is 94.7 cm³/mol. The lowest BCUT2D eigenvalue weighted by Crippen LogP contribution is -2.54. The Hall–Kier alpha value is -1.14. The summed E-state index contributed by atoms with van der Waals surface area (Å²) < 4.78 is 0. The molecule has 5 nitrogen and oxygen atoms in total. The number of nitrogens with zero attached hydrogens (tertiary/aromatic N) is 3. The number of carbonyl (C=O) groups is 1. The molecule has 2 aliphatic rings. The van der Waals surface area contributed by atoms with E-state index in [9.17, 15) is 4.79 Å². The zero-order chi connectivity index (χ0) is 16.4. The molecular weight excluding hydrogens is 308 g/mol. The van der Waals surface area contributed by atoms with E-state index < -0.39 is 0 Å². The van der Waals surface area contributed by atoms with E-state index in [4.69, 9.17) is 5.73 Å². The molecule has 128 valence electrons. The standard InChI is InChI=1S/C17H28N4OS/c1-12-4-3-7-21(15(12)10-18)16(22)14-5-8-20(9-6-14)17-19-13(2)11-23-17/h11-12,14-15H,3-10,18H2,1-2H3/t12-,15+/m0/s1. The summed E-state index contributed by atoms with van der Waals surface area (Å²) >= 11 is 1.70. The highest BCUT2D eigenvalue weighted by Gasteiger charge is 2.35. The predicted octanol–water partition coefficient (Wildman–Crippen LogP) is 2.25. The number of carbonyl (C=O) groups excluding carboxylic acids is 1. The van der Waals surface area contributed by atoms with Crippen molar-refractivity contribution in [2.24, 2.45) is 17.6 Å². The van der Waals surface area contributed by atoms with Crippen LogP contribution in [0.2, 0.25) is 0 Å². The Morgan fingerprint density at radius 1 is 1.35 bits per heavy atom. The Morgan fingerprint density at radius 2 is 2.09 bits per heavy atom. The number of rotatable bonds is 3. The monoisotopic (exact) mass is 336 g/mol. The second kappa shape index (κ2) is 7.18. The molecule has 3 rings (SSSR count). The van der Waals surface area contributed by atoms with Crippen molar-refractivity contribution in [3.8, 4) is 0 Å². The SMILES string of the molecule is Cc1csc(N2CCC(C(=O)N3CCC[C@H](C)[C@H]3CN)CC2)n1. The molecule has 0 unspecified atom stereocenters. The lowest BCUT2D eigenvalue weighted by Gasteiger charge is -2.42. The molecule has 2 aliphatic heterocycles. The minimum atomic E-state index is 0.159. The molecule has 0 saturated carbocycles. The summed E-state index contributed by atoms with van der Waals surface area (Å²) in [5.41, 5.74) is 7.02. The first-order valence-electron chi connectivity index (χ1n) is 8.77. The molecule has 1 aromatic heterocycles. The third-order valence-corrected chi connectivity index (χ3v) is 6.38. The summed E-state index contributed by atoms with van der Waals surface area (Å²) in [5.74, 6) is 1.02. The van der Waals surface area contributed by atoms with Crippen LogP contribution in [0.25, 0.3) is 0 Å². The number of hydrogen-bond acceptors (Lipinski definition) is 5. The maximum Gasteiger partial charge on any atom is 0.226 e. The fraction of sp³-hybridized carbons (Fsp3) is 0.765. The number of piperidine rings is 2. The van der Waals surface area contributed by atoms with E-state index in [0.29, 0.717) is 18.4 Å². The van der Waals surface area contributed by atoms with Gasteiger partial charge in [0.25, 0.3) is 0 Å². The van der Waals surface area contributed by atoms with Gasteiger partial charge in [0.05, 0.1) is 5.69 Å². The lowest BCUT2D eigenvalue weighted by molar-refractivity contribution is -0.141. The maximum absolute atomic E-state index is 13.0. The Bertz CT molecular complexity index is 538. The number of anilines is 1. The van der Waals surface area contributed by atoms with Crippen molar-refractivity contribution in [3.63, 3.8) is 0 Å². The summed E-state index contributed by atoms with van der Waals surface area (Å²) in [6.45, 7) is 7.59. The molecule has 0 bridgehead atoms. The van der Waals surface area contributed by atoms with Gasteiger partial charge in [-0.2, -0.15) is 0 Å². The smallest absolute Gasteiger partial charge is 0.226 e. The van der Waals surface area contributed by atoms with Gasteiger partial charge in [-0.25, -0.2) is 4.98 Å². The Morgan fingerprint density at radius 3 is 2.70 bits per heavy atom. The summed E-state index contributed by atoms with van der Waals surface area (Å²) in [7, 11) is 0. The van der Waals surface area contributed by atoms with E-state index in [1.807, 2.05) is 6.92 Å². The van der Waals surface area contributed by atoms with Gasteiger partial charge in [0.15, 0.2) is 5.13 Å². The zero-order valence-corrected chi connectivity index (χ0v) is 15.0. The number of thiazole rings is 1. The average Bonchev–Trinajstić information content (AvgIpc) is 3.00. The summed E-state index contributed by atoms with van der Waals surface area (Å²) in [5, 5.41) is 3.19. The normalized spacial score (nSPS) is 26.6. The van der Waals surface area contributed by atoms with Crippen molar-refractivity contribution in [2.75, 3.05) is 31.1 Å². The van der Waals surface area contributed by atoms with Gasteiger partial charge >= 0.3 is 0 Å². The molecule has 2 fully saturated rings. The van der Waals surface area contributed by atoms with Crippen LogP contribution in [-0.4, -0.2) is 48.0 Å². The van der Waals surface area contributed by atoms with E-state index >= 15 is 0 Å². The van der Waals surface area contributed by atoms with Crippen molar-refractivity contribution < 1.29 is 4.79 Å². The Kier molecular flexibility index (Phi) is 5.21. The minimum absolute atomic E-state index is 0.159. The van der Waals surface area contributed by atoms with Gasteiger partial charge in [-0.15, -0.1) is 11.3 Å². The van der Waals surface area contributed by atoms with Crippen LogP contribution in [-0.2, 0) is 4.79 Å². The molecule has 0 aliphatic carbocycles. The summed E-state index contributed by atoms with van der Waals surface area (Å²) in [4.78, 5) is 21.9. The van der Waals surface area contributed by atoms with E-state index in [0.717, 1.165) is 49.7 Å². The van der Waals surface area contributed by atoms with Crippen molar-refractivity contribution in [1.29, 1.82) is 0 Å². The van der Waals surface area contributed by atoms with E-state index in [1.165, 1.54) is 6.42 Å². The van der Waals surface area contributed by atoms with Crippen LogP contribution in [0.3, 0.4) is 0 Å². The first kappa shape index (κ1) is 16.7. The number of nitrogens with two attached hydrogens (primary N) is 1. The van der Waals surface area contributed by atoms with E-state index in [1.54, 1.807) is 11.3 Å². The van der Waals surface area contributed by atoms with Gasteiger partial charge < -0.3 is 15.5 Å². The van der Waals surface area contributed by atoms with Crippen LogP contribution in [0.15, 0.2) is 5.38 Å². The van der Waals surface area contributed by atoms with Crippen LogP contribution in [0.1, 0.15) is 38.3 Å². The van der Waals surface area contributed by atoms with Crippen molar-refractivity contribution >= 4 is 22.4 Å². The van der Waals surface area contributed by atoms with Crippen LogP contribution in [0.4, 0.5) is 5.13 Å². The Balaban J connectivity index is 1.59. The topological polar surface area (TPSA) is 62.5 Å². The number of aryl methyl sites for hydroxylation is 1. The number of hydrogen-bond donors (Lipinski definition) is 1. The van der Waals surface area contributed by atoms with Gasteiger partial charge in [0.1, 0.15) is 0 Å². The van der Waals surface area contributed by atoms with Gasteiger partial charge in [-0.1, -0.05) is 6.92 Å². The highest BCUT2D eigenvalue weighted by molar-refractivity contribution is 7.13. The lowest BCUT2D eigenvalue weighted by atomic mass is 9.88. The third-order valence-electron chi connectivity index (χ3n) is 5.36. The van der Waals surface area contributed by atoms with Gasteiger partial charge in [0.2, 0.25) is 5.91 Å². The second-order valence-electron chi connectivity index (χ2n) is 6.99. The zero-order valence-electron chi connectivity index (χ0n) is 14.2. The molecule has 2 saturated heterocycles. The minimum Gasteiger partial charge on any atom is -0.348 e. The molecule has 0 radical (unpaired) electrons. The number of aromatic nitrogens is 1. The third kappa shape index (κ3) is 3.53. The van der Waals surface area contributed by atoms with Crippen molar-refractivity contribution in [3.05, 3.63) is 11.1 Å². The van der Waals surface area contributed by atoms with Crippen LogP contribution in [0, 0.1) is 18.8 Å². The van der Waals surface area contributed by atoms with E-state index in [-0.39, 0.29) is 12.0 Å². The molecule has 0 aromatic carbocycles. The highest BCUT2D eigenvalue weighted by atomic mass is 32.1. The molecule has 2 atom stereocenters.